The molecule has 0 aliphatic carbocycles. The monoisotopic (exact) mass is 277 g/mol. The van der Waals surface area contributed by atoms with Crippen LogP contribution in [-0.4, -0.2) is 74.4 Å². The molecule has 106 valence electrons. The number of carbonyl (C=O) groups is 1. The molecular formula is C11H23N3O3S. The van der Waals surface area contributed by atoms with Gasteiger partial charge >= 0.3 is 0 Å². The first-order chi connectivity index (χ1) is 8.30. The van der Waals surface area contributed by atoms with Crippen molar-refractivity contribution in [1.82, 2.24) is 9.80 Å². The van der Waals surface area contributed by atoms with Gasteiger partial charge in [0, 0.05) is 25.2 Å². The number of hydrogen-bond acceptors (Lipinski definition) is 5. The summed E-state index contributed by atoms with van der Waals surface area (Å²) in [6.45, 7) is 5.40. The summed E-state index contributed by atoms with van der Waals surface area (Å²) in [7, 11) is -1.29. The Morgan fingerprint density at radius 3 is 2.22 bits per heavy atom. The summed E-state index contributed by atoms with van der Waals surface area (Å²) in [4.78, 5) is 15.4. The second-order valence-electron chi connectivity index (χ2n) is 4.79. The Bertz CT molecular complexity index is 392. The van der Waals surface area contributed by atoms with E-state index in [1.54, 1.807) is 16.8 Å². The van der Waals surface area contributed by atoms with E-state index in [2.05, 4.69) is 0 Å². The van der Waals surface area contributed by atoms with Crippen LogP contribution < -0.4 is 5.73 Å². The maximum absolute atomic E-state index is 11.9. The van der Waals surface area contributed by atoms with Crippen LogP contribution >= 0.6 is 0 Å². The molecule has 0 aromatic carbocycles. The molecule has 2 unspecified atom stereocenters. The smallest absolute Gasteiger partial charge is 0.236 e. The Balaban J connectivity index is 2.61. The minimum absolute atomic E-state index is 0.0130. The van der Waals surface area contributed by atoms with Gasteiger partial charge in [0.1, 0.15) is 0 Å². The fourth-order valence-corrected chi connectivity index (χ4v) is 4.28. The average Bonchev–Trinajstić information content (AvgIpc) is 2.54. The van der Waals surface area contributed by atoms with E-state index in [4.69, 9.17) is 5.73 Å². The van der Waals surface area contributed by atoms with Crippen molar-refractivity contribution >= 4 is 15.7 Å². The molecule has 0 saturated carbocycles. The zero-order valence-electron chi connectivity index (χ0n) is 11.3. The second kappa shape index (κ2) is 5.99. The lowest BCUT2D eigenvalue weighted by atomic mass is 10.1. The Labute approximate surface area is 109 Å². The van der Waals surface area contributed by atoms with Gasteiger partial charge in [0.05, 0.1) is 18.1 Å². The molecule has 0 radical (unpaired) electrons. The molecule has 0 aromatic rings. The van der Waals surface area contributed by atoms with E-state index in [1.807, 2.05) is 13.8 Å². The molecule has 2 N–H and O–H groups in total. The maximum Gasteiger partial charge on any atom is 0.236 e. The molecule has 7 heteroatoms. The van der Waals surface area contributed by atoms with Gasteiger partial charge < -0.3 is 10.6 Å². The van der Waals surface area contributed by atoms with Gasteiger partial charge in [-0.3, -0.25) is 9.69 Å². The van der Waals surface area contributed by atoms with Crippen molar-refractivity contribution in [1.29, 1.82) is 0 Å². The van der Waals surface area contributed by atoms with Gasteiger partial charge in [0.25, 0.3) is 0 Å². The molecule has 1 amide bonds. The van der Waals surface area contributed by atoms with Crippen LogP contribution in [0.1, 0.15) is 13.8 Å². The van der Waals surface area contributed by atoms with Crippen molar-refractivity contribution in [2.75, 3.05) is 38.2 Å². The van der Waals surface area contributed by atoms with Gasteiger partial charge in [-0.15, -0.1) is 0 Å². The van der Waals surface area contributed by atoms with Crippen LogP contribution in [0.4, 0.5) is 0 Å². The number of rotatable bonds is 5. The first-order valence-electron chi connectivity index (χ1n) is 6.24. The van der Waals surface area contributed by atoms with Crippen molar-refractivity contribution in [2.45, 2.75) is 25.9 Å². The Hall–Kier alpha value is -0.660. The molecular weight excluding hydrogens is 254 g/mol. The van der Waals surface area contributed by atoms with Crippen LogP contribution in [0.25, 0.3) is 0 Å². The highest BCUT2D eigenvalue weighted by Gasteiger charge is 2.38. The van der Waals surface area contributed by atoms with Crippen molar-refractivity contribution in [3.63, 3.8) is 0 Å². The minimum atomic E-state index is -3.05. The van der Waals surface area contributed by atoms with E-state index in [1.165, 1.54) is 0 Å². The molecule has 2 atom stereocenters. The standard InChI is InChI=1S/C11H23N3O3S/c1-4-14(5-2)11(15)6-13(3)10-8-18(16,17)7-9(10)12/h9-10H,4-8,12H2,1-3H3. The highest BCUT2D eigenvalue weighted by atomic mass is 32.2. The normalized spacial score (nSPS) is 26.5. The third kappa shape index (κ3) is 3.66. The van der Waals surface area contributed by atoms with E-state index in [9.17, 15) is 13.2 Å². The van der Waals surface area contributed by atoms with Gasteiger partial charge in [-0.05, 0) is 20.9 Å². The number of hydrogen-bond donors (Lipinski definition) is 1. The highest BCUT2D eigenvalue weighted by molar-refractivity contribution is 7.91. The molecule has 0 aromatic heterocycles. The number of amides is 1. The van der Waals surface area contributed by atoms with Crippen LogP contribution in [0.2, 0.25) is 0 Å². The third-order valence-electron chi connectivity index (χ3n) is 3.43. The highest BCUT2D eigenvalue weighted by Crippen LogP contribution is 2.15. The van der Waals surface area contributed by atoms with Crippen LogP contribution in [-0.2, 0) is 14.6 Å². The largest absolute Gasteiger partial charge is 0.342 e. The fourth-order valence-electron chi connectivity index (χ4n) is 2.32. The first-order valence-corrected chi connectivity index (χ1v) is 8.06. The van der Waals surface area contributed by atoms with Crippen LogP contribution in [0.5, 0.6) is 0 Å². The summed E-state index contributed by atoms with van der Waals surface area (Å²) in [6.07, 6.45) is 0. The molecule has 1 aliphatic rings. The molecule has 1 saturated heterocycles. The fraction of sp³-hybridized carbons (Fsp3) is 0.909. The zero-order chi connectivity index (χ0) is 13.9. The van der Waals surface area contributed by atoms with Crippen molar-refractivity contribution in [3.05, 3.63) is 0 Å². The van der Waals surface area contributed by atoms with E-state index < -0.39 is 15.9 Å². The average molecular weight is 277 g/mol. The lowest BCUT2D eigenvalue weighted by molar-refractivity contribution is -0.132. The van der Waals surface area contributed by atoms with Gasteiger partial charge in [-0.2, -0.15) is 0 Å². The summed E-state index contributed by atoms with van der Waals surface area (Å²) in [5.41, 5.74) is 5.83. The van der Waals surface area contributed by atoms with E-state index >= 15 is 0 Å². The van der Waals surface area contributed by atoms with Crippen LogP contribution in [0.3, 0.4) is 0 Å². The predicted molar refractivity (Wildman–Crippen MR) is 71.0 cm³/mol. The lowest BCUT2D eigenvalue weighted by Crippen LogP contribution is -2.49. The zero-order valence-corrected chi connectivity index (χ0v) is 12.1. The van der Waals surface area contributed by atoms with Crippen molar-refractivity contribution < 1.29 is 13.2 Å². The summed E-state index contributed by atoms with van der Waals surface area (Å²) >= 11 is 0. The van der Waals surface area contributed by atoms with Crippen LogP contribution in [0.15, 0.2) is 0 Å². The van der Waals surface area contributed by atoms with E-state index in [-0.39, 0.29) is 30.0 Å². The second-order valence-corrected chi connectivity index (χ2v) is 6.94. The molecule has 1 rings (SSSR count). The van der Waals surface area contributed by atoms with E-state index in [0.29, 0.717) is 13.1 Å². The summed E-state index contributed by atoms with van der Waals surface area (Å²) < 4.78 is 23.0. The number of nitrogens with two attached hydrogens (primary N) is 1. The number of carbonyl (C=O) groups excluding carboxylic acids is 1. The molecule has 1 heterocycles. The molecule has 0 spiro atoms. The quantitative estimate of drug-likeness (QED) is 0.690. The number of sulfone groups is 1. The summed E-state index contributed by atoms with van der Waals surface area (Å²) in [5.74, 6) is 0.0801. The van der Waals surface area contributed by atoms with Crippen molar-refractivity contribution in [3.8, 4) is 0 Å². The molecule has 0 bridgehead atoms. The van der Waals surface area contributed by atoms with Gasteiger partial charge in [0.2, 0.25) is 5.91 Å². The van der Waals surface area contributed by atoms with Crippen LogP contribution in [0, 0.1) is 0 Å². The Kier molecular flexibility index (Phi) is 5.12. The number of likely N-dealkylation sites (N-methyl/N-ethyl adjacent to an activating group) is 2. The molecule has 1 aliphatic heterocycles. The lowest BCUT2D eigenvalue weighted by Gasteiger charge is -2.28. The predicted octanol–water partition coefficient (Wildman–Crippen LogP) is -1.09. The number of nitrogens with zero attached hydrogens (tertiary/aromatic N) is 2. The third-order valence-corrected chi connectivity index (χ3v) is 5.17. The first kappa shape index (κ1) is 15.4. The Morgan fingerprint density at radius 1 is 1.28 bits per heavy atom. The van der Waals surface area contributed by atoms with Gasteiger partial charge in [-0.25, -0.2) is 8.42 Å². The summed E-state index contributed by atoms with van der Waals surface area (Å²) in [6, 6.07) is -0.654. The summed E-state index contributed by atoms with van der Waals surface area (Å²) in [5, 5.41) is 0. The van der Waals surface area contributed by atoms with Gasteiger partial charge in [-0.1, -0.05) is 0 Å². The SMILES string of the molecule is CCN(CC)C(=O)CN(C)C1CS(=O)(=O)CC1N. The van der Waals surface area contributed by atoms with E-state index in [0.717, 1.165) is 0 Å². The van der Waals surface area contributed by atoms with Gasteiger partial charge in [0.15, 0.2) is 9.84 Å². The topological polar surface area (TPSA) is 83.7 Å². The molecule has 6 nitrogen and oxygen atoms in total. The Morgan fingerprint density at radius 2 is 1.83 bits per heavy atom. The maximum atomic E-state index is 11.9. The molecule has 1 fully saturated rings. The van der Waals surface area contributed by atoms with Crippen molar-refractivity contribution in [2.24, 2.45) is 5.73 Å². The minimum Gasteiger partial charge on any atom is -0.342 e. The molecule has 18 heavy (non-hydrogen) atoms.